The van der Waals surface area contributed by atoms with Crippen LogP contribution in [0, 0.1) is 6.92 Å². The molecule has 0 fully saturated rings. The summed E-state index contributed by atoms with van der Waals surface area (Å²) in [4.78, 5) is 11.3. The molecule has 0 spiro atoms. The highest BCUT2D eigenvalue weighted by Crippen LogP contribution is 2.27. The number of phenols is 1. The summed E-state index contributed by atoms with van der Waals surface area (Å²) in [5, 5.41) is 16.7. The van der Waals surface area contributed by atoms with E-state index in [1.54, 1.807) is 6.92 Å². The van der Waals surface area contributed by atoms with E-state index in [4.69, 9.17) is 11.6 Å². The highest BCUT2D eigenvalue weighted by Gasteiger charge is 2.07. The van der Waals surface area contributed by atoms with Gasteiger partial charge in [-0.25, -0.2) is 5.10 Å². The Morgan fingerprint density at radius 1 is 1.43 bits per heavy atom. The monoisotopic (exact) mass is 210 g/mol. The minimum absolute atomic E-state index is 0.0466. The van der Waals surface area contributed by atoms with Crippen molar-refractivity contribution in [3.8, 4) is 5.75 Å². The molecule has 2 aromatic rings. The number of halogens is 1. The fraction of sp³-hybridized carbons (Fsp3) is 0.111. The van der Waals surface area contributed by atoms with Crippen molar-refractivity contribution in [2.45, 2.75) is 6.92 Å². The van der Waals surface area contributed by atoms with Crippen molar-refractivity contribution in [2.24, 2.45) is 0 Å². The van der Waals surface area contributed by atoms with Gasteiger partial charge in [-0.15, -0.1) is 0 Å². The smallest absolute Gasteiger partial charge is 0.272 e. The van der Waals surface area contributed by atoms with Crippen molar-refractivity contribution in [1.82, 2.24) is 10.2 Å². The summed E-state index contributed by atoms with van der Waals surface area (Å²) in [6.07, 6.45) is 0. The summed E-state index contributed by atoms with van der Waals surface area (Å²) < 4.78 is 0. The largest absolute Gasteiger partial charge is 0.506 e. The van der Waals surface area contributed by atoms with Gasteiger partial charge in [0, 0.05) is 5.39 Å². The highest BCUT2D eigenvalue weighted by atomic mass is 35.5. The van der Waals surface area contributed by atoms with E-state index in [1.807, 2.05) is 0 Å². The molecule has 0 unspecified atom stereocenters. The molecule has 0 saturated carbocycles. The van der Waals surface area contributed by atoms with Crippen LogP contribution in [0.5, 0.6) is 5.75 Å². The highest BCUT2D eigenvalue weighted by molar-refractivity contribution is 6.32. The van der Waals surface area contributed by atoms with Crippen molar-refractivity contribution in [1.29, 1.82) is 0 Å². The molecule has 1 heterocycles. The first-order valence-electron chi connectivity index (χ1n) is 3.97. The van der Waals surface area contributed by atoms with Gasteiger partial charge in [-0.3, -0.25) is 4.79 Å². The van der Waals surface area contributed by atoms with E-state index in [-0.39, 0.29) is 16.3 Å². The number of aromatic nitrogens is 2. The molecule has 0 saturated heterocycles. The van der Waals surface area contributed by atoms with Gasteiger partial charge in [0.15, 0.2) is 0 Å². The molecule has 5 heteroatoms. The van der Waals surface area contributed by atoms with Gasteiger partial charge < -0.3 is 5.11 Å². The van der Waals surface area contributed by atoms with Crippen LogP contribution < -0.4 is 5.56 Å². The fourth-order valence-corrected chi connectivity index (χ4v) is 1.47. The van der Waals surface area contributed by atoms with Crippen molar-refractivity contribution in [3.05, 3.63) is 33.2 Å². The zero-order valence-electron chi connectivity index (χ0n) is 7.34. The molecule has 0 aliphatic carbocycles. The first-order chi connectivity index (χ1) is 6.59. The molecule has 0 amide bonds. The lowest BCUT2D eigenvalue weighted by Crippen LogP contribution is -2.09. The number of benzene rings is 1. The molecule has 2 rings (SSSR count). The quantitative estimate of drug-likeness (QED) is 0.694. The zero-order chi connectivity index (χ0) is 10.3. The Balaban J connectivity index is 3.02. The van der Waals surface area contributed by atoms with Crippen LogP contribution in [-0.4, -0.2) is 15.3 Å². The maximum absolute atomic E-state index is 11.3. The van der Waals surface area contributed by atoms with E-state index in [0.717, 1.165) is 0 Å². The van der Waals surface area contributed by atoms with E-state index < -0.39 is 0 Å². The maximum Gasteiger partial charge on any atom is 0.272 e. The summed E-state index contributed by atoms with van der Waals surface area (Å²) in [6.45, 7) is 1.74. The number of H-pyrrole nitrogens is 1. The molecule has 14 heavy (non-hydrogen) atoms. The molecule has 72 valence electrons. The molecule has 0 aliphatic heterocycles. The predicted molar refractivity (Wildman–Crippen MR) is 53.8 cm³/mol. The standard InChI is InChI=1S/C9H7ClN2O2/c1-4-5-3-8(13)7(10)2-6(5)9(14)12-11-4/h2-3,13H,1H3,(H,12,14). The molecule has 1 aromatic carbocycles. The van der Waals surface area contributed by atoms with Gasteiger partial charge in [-0.05, 0) is 19.1 Å². The Morgan fingerprint density at radius 3 is 2.86 bits per heavy atom. The molecule has 1 aromatic heterocycles. The first kappa shape index (κ1) is 9.02. The van der Waals surface area contributed by atoms with Crippen LogP contribution >= 0.6 is 11.6 Å². The molecule has 2 N–H and O–H groups in total. The van der Waals surface area contributed by atoms with Crippen molar-refractivity contribution in [2.75, 3.05) is 0 Å². The predicted octanol–water partition coefficient (Wildman–Crippen LogP) is 1.59. The second-order valence-corrected chi connectivity index (χ2v) is 3.39. The number of aromatic amines is 1. The van der Waals surface area contributed by atoms with E-state index in [9.17, 15) is 9.90 Å². The van der Waals surface area contributed by atoms with Gasteiger partial charge >= 0.3 is 0 Å². The van der Waals surface area contributed by atoms with Crippen LogP contribution in [0.25, 0.3) is 10.8 Å². The lowest BCUT2D eigenvalue weighted by molar-refractivity contribution is 0.476. The number of hydrogen-bond acceptors (Lipinski definition) is 3. The number of nitrogens with one attached hydrogen (secondary N) is 1. The Hall–Kier alpha value is -1.55. The lowest BCUT2D eigenvalue weighted by Gasteiger charge is -2.02. The third-order valence-corrected chi connectivity index (χ3v) is 2.35. The minimum Gasteiger partial charge on any atom is -0.506 e. The number of aromatic hydroxyl groups is 1. The van der Waals surface area contributed by atoms with Gasteiger partial charge in [0.25, 0.3) is 5.56 Å². The SMILES string of the molecule is Cc1n[nH]c(=O)c2cc(Cl)c(O)cc12. The molecule has 0 bridgehead atoms. The fourth-order valence-electron chi connectivity index (χ4n) is 1.30. The average molecular weight is 211 g/mol. The van der Waals surface area contributed by atoms with E-state index >= 15 is 0 Å². The topological polar surface area (TPSA) is 66.0 Å². The molecular weight excluding hydrogens is 204 g/mol. The van der Waals surface area contributed by atoms with Crippen molar-refractivity contribution in [3.63, 3.8) is 0 Å². The second kappa shape index (κ2) is 2.99. The number of rotatable bonds is 0. The number of hydrogen-bond donors (Lipinski definition) is 2. The zero-order valence-corrected chi connectivity index (χ0v) is 8.09. The maximum atomic E-state index is 11.3. The van der Waals surface area contributed by atoms with Gasteiger partial charge in [-0.1, -0.05) is 11.6 Å². The van der Waals surface area contributed by atoms with E-state index in [0.29, 0.717) is 16.5 Å². The molecule has 0 aliphatic rings. The molecule has 4 nitrogen and oxygen atoms in total. The molecular formula is C9H7ClN2O2. The van der Waals surface area contributed by atoms with Gasteiger partial charge in [0.2, 0.25) is 0 Å². The lowest BCUT2D eigenvalue weighted by atomic mass is 10.1. The Bertz CT molecular complexity index is 562. The summed E-state index contributed by atoms with van der Waals surface area (Å²) in [7, 11) is 0. The summed E-state index contributed by atoms with van der Waals surface area (Å²) in [5.41, 5.74) is 0.332. The van der Waals surface area contributed by atoms with Crippen LogP contribution in [0.1, 0.15) is 5.69 Å². The van der Waals surface area contributed by atoms with Crippen LogP contribution in [0.15, 0.2) is 16.9 Å². The van der Waals surface area contributed by atoms with Gasteiger partial charge in [0.1, 0.15) is 5.75 Å². The van der Waals surface area contributed by atoms with E-state index in [2.05, 4.69) is 10.2 Å². The normalized spacial score (nSPS) is 10.7. The number of nitrogens with zero attached hydrogens (tertiary/aromatic N) is 1. The third kappa shape index (κ3) is 1.24. The Morgan fingerprint density at radius 2 is 2.14 bits per heavy atom. The third-order valence-electron chi connectivity index (χ3n) is 2.05. The number of phenolic OH excluding ortho intramolecular Hbond substituents is 1. The number of aryl methyl sites for hydroxylation is 1. The van der Waals surface area contributed by atoms with Crippen LogP contribution in [0.3, 0.4) is 0 Å². The minimum atomic E-state index is -0.312. The van der Waals surface area contributed by atoms with Gasteiger partial charge in [0.05, 0.1) is 16.1 Å². The Kier molecular flexibility index (Phi) is 1.93. The average Bonchev–Trinajstić information content (AvgIpc) is 2.15. The van der Waals surface area contributed by atoms with Crippen LogP contribution in [0.2, 0.25) is 5.02 Å². The van der Waals surface area contributed by atoms with Crippen molar-refractivity contribution < 1.29 is 5.11 Å². The first-order valence-corrected chi connectivity index (χ1v) is 4.35. The van der Waals surface area contributed by atoms with Crippen LogP contribution in [0.4, 0.5) is 0 Å². The Labute approximate surface area is 84.1 Å². The van der Waals surface area contributed by atoms with Crippen molar-refractivity contribution >= 4 is 22.4 Å². The summed E-state index contributed by atoms with van der Waals surface area (Å²) in [6, 6.07) is 2.87. The molecule has 0 radical (unpaired) electrons. The number of fused-ring (bicyclic) bond motifs is 1. The summed E-state index contributed by atoms with van der Waals surface area (Å²) in [5.74, 6) is -0.0466. The van der Waals surface area contributed by atoms with Gasteiger partial charge in [-0.2, -0.15) is 5.10 Å². The van der Waals surface area contributed by atoms with E-state index in [1.165, 1.54) is 12.1 Å². The molecule has 0 atom stereocenters. The second-order valence-electron chi connectivity index (χ2n) is 2.99. The van der Waals surface area contributed by atoms with Crippen LogP contribution in [-0.2, 0) is 0 Å². The summed E-state index contributed by atoms with van der Waals surface area (Å²) >= 11 is 5.69.